The molecule has 1 aliphatic heterocycles. The lowest BCUT2D eigenvalue weighted by Crippen LogP contribution is -2.49. The molecule has 1 aromatic carbocycles. The van der Waals surface area contributed by atoms with E-state index in [0.717, 1.165) is 24.5 Å². The third-order valence-corrected chi connectivity index (χ3v) is 5.36. The molecular formula is C22H29N3O3. The fraction of sp³-hybridized carbons (Fsp3) is 0.455. The molecule has 1 aromatic heterocycles. The Balaban J connectivity index is 1.63. The van der Waals surface area contributed by atoms with Crippen LogP contribution in [-0.2, 0) is 16.1 Å². The second kappa shape index (κ2) is 8.50. The van der Waals surface area contributed by atoms with E-state index in [2.05, 4.69) is 36.1 Å². The summed E-state index contributed by atoms with van der Waals surface area (Å²) in [7, 11) is 0. The van der Waals surface area contributed by atoms with Crippen LogP contribution in [0.5, 0.6) is 0 Å². The van der Waals surface area contributed by atoms with Crippen LogP contribution in [0.25, 0.3) is 0 Å². The maximum Gasteiger partial charge on any atom is 0.339 e. The Bertz CT molecular complexity index is 864. The summed E-state index contributed by atoms with van der Waals surface area (Å²) >= 11 is 0. The van der Waals surface area contributed by atoms with Gasteiger partial charge in [-0.05, 0) is 51.5 Å². The molecule has 0 aliphatic carbocycles. The van der Waals surface area contributed by atoms with Crippen LogP contribution in [0.4, 0.5) is 5.69 Å². The average Bonchev–Trinajstić information content (AvgIpc) is 2.96. The topological polar surface area (TPSA) is 54.8 Å². The molecular weight excluding hydrogens is 354 g/mol. The van der Waals surface area contributed by atoms with Gasteiger partial charge in [0, 0.05) is 43.3 Å². The van der Waals surface area contributed by atoms with E-state index in [0.29, 0.717) is 25.3 Å². The fourth-order valence-electron chi connectivity index (χ4n) is 3.73. The fourth-order valence-corrected chi connectivity index (χ4v) is 3.73. The van der Waals surface area contributed by atoms with E-state index in [9.17, 15) is 9.59 Å². The van der Waals surface area contributed by atoms with E-state index in [-0.39, 0.29) is 18.4 Å². The van der Waals surface area contributed by atoms with Crippen molar-refractivity contribution in [2.24, 2.45) is 0 Å². The second-order valence-corrected chi connectivity index (χ2v) is 7.30. The minimum atomic E-state index is -0.332. The van der Waals surface area contributed by atoms with Crippen molar-refractivity contribution in [3.63, 3.8) is 0 Å². The van der Waals surface area contributed by atoms with Gasteiger partial charge in [-0.2, -0.15) is 0 Å². The van der Waals surface area contributed by atoms with E-state index in [1.54, 1.807) is 13.0 Å². The molecule has 0 bridgehead atoms. The van der Waals surface area contributed by atoms with Crippen LogP contribution in [0.3, 0.4) is 0 Å². The van der Waals surface area contributed by atoms with E-state index in [1.165, 1.54) is 11.3 Å². The number of aromatic nitrogens is 1. The van der Waals surface area contributed by atoms with Crippen LogP contribution in [0.2, 0.25) is 0 Å². The Morgan fingerprint density at radius 1 is 1.04 bits per heavy atom. The zero-order valence-corrected chi connectivity index (χ0v) is 17.2. The normalized spacial score (nSPS) is 14.3. The van der Waals surface area contributed by atoms with Crippen molar-refractivity contribution in [1.82, 2.24) is 9.47 Å². The van der Waals surface area contributed by atoms with Crippen LogP contribution >= 0.6 is 0 Å². The van der Waals surface area contributed by atoms with Gasteiger partial charge in [0.2, 0.25) is 5.91 Å². The molecule has 6 nitrogen and oxygen atoms in total. The van der Waals surface area contributed by atoms with Crippen LogP contribution in [-0.4, -0.2) is 54.1 Å². The first-order valence-electron chi connectivity index (χ1n) is 9.84. The number of nitrogens with zero attached hydrogens (tertiary/aromatic N) is 3. The Labute approximate surface area is 166 Å². The number of piperazine rings is 1. The summed E-state index contributed by atoms with van der Waals surface area (Å²) in [5.41, 5.74) is 4.67. The van der Waals surface area contributed by atoms with Crippen molar-refractivity contribution in [2.45, 2.75) is 34.2 Å². The molecule has 0 unspecified atom stereocenters. The lowest BCUT2D eigenvalue weighted by Gasteiger charge is -2.36. The molecule has 0 atom stereocenters. The molecule has 0 N–H and O–H groups in total. The molecule has 0 spiro atoms. The number of esters is 1. The molecule has 2 aromatic rings. The molecule has 3 rings (SSSR count). The highest BCUT2D eigenvalue weighted by Gasteiger charge is 2.24. The molecule has 1 fully saturated rings. The van der Waals surface area contributed by atoms with Gasteiger partial charge in [0.05, 0.1) is 12.2 Å². The molecule has 6 heteroatoms. The molecule has 0 saturated carbocycles. The van der Waals surface area contributed by atoms with Gasteiger partial charge in [0.1, 0.15) is 6.54 Å². The summed E-state index contributed by atoms with van der Waals surface area (Å²) in [6.45, 7) is 11.3. The van der Waals surface area contributed by atoms with Gasteiger partial charge < -0.3 is 19.1 Å². The Morgan fingerprint density at radius 2 is 1.75 bits per heavy atom. The maximum absolute atomic E-state index is 12.8. The minimum absolute atomic E-state index is 0.0844. The Hall–Kier alpha value is -2.76. The number of carbonyl (C=O) groups is 2. The second-order valence-electron chi connectivity index (χ2n) is 7.30. The molecule has 1 saturated heterocycles. The van der Waals surface area contributed by atoms with Crippen molar-refractivity contribution >= 4 is 17.6 Å². The monoisotopic (exact) mass is 383 g/mol. The number of hydrogen-bond donors (Lipinski definition) is 0. The van der Waals surface area contributed by atoms with Gasteiger partial charge in [-0.3, -0.25) is 4.79 Å². The minimum Gasteiger partial charge on any atom is -0.462 e. The first-order chi connectivity index (χ1) is 13.4. The summed E-state index contributed by atoms with van der Waals surface area (Å²) in [4.78, 5) is 29.2. The first-order valence-corrected chi connectivity index (χ1v) is 9.84. The number of rotatable bonds is 5. The lowest BCUT2D eigenvalue weighted by atomic mass is 10.2. The molecule has 1 aliphatic rings. The number of ether oxygens (including phenoxy) is 1. The molecule has 2 heterocycles. The molecule has 1 amide bonds. The highest BCUT2D eigenvalue weighted by atomic mass is 16.5. The van der Waals surface area contributed by atoms with E-state index in [1.807, 2.05) is 23.3 Å². The predicted octanol–water partition coefficient (Wildman–Crippen LogP) is 2.94. The smallest absolute Gasteiger partial charge is 0.339 e. The van der Waals surface area contributed by atoms with Crippen LogP contribution in [0.1, 0.15) is 34.2 Å². The Morgan fingerprint density at radius 3 is 2.39 bits per heavy atom. The highest BCUT2D eigenvalue weighted by molar-refractivity contribution is 5.91. The van der Waals surface area contributed by atoms with E-state index < -0.39 is 0 Å². The molecule has 0 radical (unpaired) electrons. The van der Waals surface area contributed by atoms with Crippen molar-refractivity contribution in [3.05, 3.63) is 52.8 Å². The number of benzene rings is 1. The quantitative estimate of drug-likeness (QED) is 0.745. The van der Waals surface area contributed by atoms with Crippen molar-refractivity contribution in [3.8, 4) is 0 Å². The largest absolute Gasteiger partial charge is 0.462 e. The van der Waals surface area contributed by atoms with Crippen LogP contribution in [0, 0.1) is 20.8 Å². The third kappa shape index (κ3) is 4.21. The van der Waals surface area contributed by atoms with Gasteiger partial charge in [-0.15, -0.1) is 0 Å². The number of hydrogen-bond acceptors (Lipinski definition) is 4. The SMILES string of the molecule is CCOC(=O)c1cc(C)n(CC(=O)N2CCN(c3cccc(C)c3)CC2)c1C. The van der Waals surface area contributed by atoms with E-state index in [4.69, 9.17) is 4.74 Å². The standard InChI is InChI=1S/C22H29N3O3/c1-5-28-22(27)20-14-17(3)25(18(20)4)15-21(26)24-11-9-23(10-12-24)19-8-6-7-16(2)13-19/h6-8,13-14H,5,9-12,15H2,1-4H3. The number of anilines is 1. The third-order valence-electron chi connectivity index (χ3n) is 5.36. The summed E-state index contributed by atoms with van der Waals surface area (Å²) in [5.74, 6) is -0.248. The zero-order chi connectivity index (χ0) is 20.3. The number of amides is 1. The van der Waals surface area contributed by atoms with Gasteiger partial charge in [-0.25, -0.2) is 4.79 Å². The predicted molar refractivity (Wildman–Crippen MR) is 110 cm³/mol. The summed E-state index contributed by atoms with van der Waals surface area (Å²) in [6.07, 6.45) is 0. The summed E-state index contributed by atoms with van der Waals surface area (Å²) in [5, 5.41) is 0. The van der Waals surface area contributed by atoms with Crippen molar-refractivity contribution < 1.29 is 14.3 Å². The number of aryl methyl sites for hydroxylation is 2. The van der Waals surface area contributed by atoms with Crippen LogP contribution in [0.15, 0.2) is 30.3 Å². The van der Waals surface area contributed by atoms with Gasteiger partial charge in [-0.1, -0.05) is 12.1 Å². The van der Waals surface area contributed by atoms with Crippen molar-refractivity contribution in [1.29, 1.82) is 0 Å². The number of carbonyl (C=O) groups excluding carboxylic acids is 2. The first kappa shape index (κ1) is 20.0. The van der Waals surface area contributed by atoms with E-state index >= 15 is 0 Å². The van der Waals surface area contributed by atoms with Gasteiger partial charge in [0.15, 0.2) is 0 Å². The van der Waals surface area contributed by atoms with Crippen molar-refractivity contribution in [2.75, 3.05) is 37.7 Å². The van der Waals surface area contributed by atoms with Gasteiger partial charge in [0.25, 0.3) is 0 Å². The summed E-state index contributed by atoms with van der Waals surface area (Å²) < 4.78 is 7.01. The lowest BCUT2D eigenvalue weighted by molar-refractivity contribution is -0.132. The highest BCUT2D eigenvalue weighted by Crippen LogP contribution is 2.19. The summed E-state index contributed by atoms with van der Waals surface area (Å²) in [6, 6.07) is 10.3. The Kier molecular flexibility index (Phi) is 6.07. The average molecular weight is 383 g/mol. The van der Waals surface area contributed by atoms with Crippen LogP contribution < -0.4 is 4.90 Å². The maximum atomic E-state index is 12.8. The zero-order valence-electron chi connectivity index (χ0n) is 17.2. The molecule has 150 valence electrons. The van der Waals surface area contributed by atoms with Gasteiger partial charge >= 0.3 is 5.97 Å². The molecule has 28 heavy (non-hydrogen) atoms.